The van der Waals surface area contributed by atoms with Crippen LogP contribution in [0, 0.1) is 0 Å². The number of hydrogen-bond acceptors (Lipinski definition) is 2. The van der Waals surface area contributed by atoms with Gasteiger partial charge in [0.15, 0.2) is 0 Å². The fourth-order valence-electron chi connectivity index (χ4n) is 1.56. The van der Waals surface area contributed by atoms with Crippen molar-refractivity contribution in [3.63, 3.8) is 0 Å². The molecule has 0 saturated carbocycles. The van der Waals surface area contributed by atoms with Gasteiger partial charge in [-0.25, -0.2) is 0 Å². The molecule has 0 amide bonds. The van der Waals surface area contributed by atoms with Gasteiger partial charge in [-0.15, -0.1) is 0 Å². The van der Waals surface area contributed by atoms with Crippen molar-refractivity contribution < 1.29 is 9.84 Å². The van der Waals surface area contributed by atoms with Gasteiger partial charge in [-0.3, -0.25) is 0 Å². The number of methoxy groups -OCH3 is 1. The van der Waals surface area contributed by atoms with E-state index in [-0.39, 0.29) is 0 Å². The van der Waals surface area contributed by atoms with E-state index in [1.165, 1.54) is 5.56 Å². The predicted octanol–water partition coefficient (Wildman–Crippen LogP) is 2.36. The summed E-state index contributed by atoms with van der Waals surface area (Å²) in [5, 5.41) is 9.56. The minimum absolute atomic E-state index is 0.395. The lowest BCUT2D eigenvalue weighted by Gasteiger charge is -2.10. The first-order valence-electron chi connectivity index (χ1n) is 5.39. The predicted molar refractivity (Wildman–Crippen MR) is 62.1 cm³/mol. The molecule has 1 rings (SSSR count). The molecule has 0 aliphatic rings. The van der Waals surface area contributed by atoms with E-state index in [0.717, 1.165) is 5.56 Å². The second-order valence-corrected chi connectivity index (χ2v) is 4.21. The smallest absolute Gasteiger partial charge is 0.0813 e. The number of benzene rings is 1. The maximum Gasteiger partial charge on any atom is 0.0813 e. The van der Waals surface area contributed by atoms with Gasteiger partial charge in [-0.2, -0.15) is 0 Å². The van der Waals surface area contributed by atoms with Crippen LogP contribution in [0.15, 0.2) is 24.3 Å². The number of ether oxygens (including phenoxy) is 1. The fraction of sp³-hybridized carbons (Fsp3) is 0.538. The van der Waals surface area contributed by atoms with Crippen molar-refractivity contribution in [2.24, 2.45) is 0 Å². The number of rotatable bonds is 5. The Hall–Kier alpha value is -0.860. The standard InChI is InChI=1S/C13H20O2/c1-10(2)12-6-4-11(5-7-12)8-13(14)9-15-3/h4-7,10,13-14H,8-9H2,1-3H3. The number of aliphatic hydroxyl groups is 1. The highest BCUT2D eigenvalue weighted by Crippen LogP contribution is 2.15. The Balaban J connectivity index is 2.56. The lowest BCUT2D eigenvalue weighted by molar-refractivity contribution is 0.0650. The van der Waals surface area contributed by atoms with Crippen molar-refractivity contribution in [1.82, 2.24) is 0 Å². The van der Waals surface area contributed by atoms with Crippen LogP contribution >= 0.6 is 0 Å². The van der Waals surface area contributed by atoms with Gasteiger partial charge in [-0.1, -0.05) is 38.1 Å². The Morgan fingerprint density at radius 3 is 2.27 bits per heavy atom. The summed E-state index contributed by atoms with van der Waals surface area (Å²) in [6.45, 7) is 4.75. The van der Waals surface area contributed by atoms with Gasteiger partial charge >= 0.3 is 0 Å². The monoisotopic (exact) mass is 208 g/mol. The highest BCUT2D eigenvalue weighted by molar-refractivity contribution is 5.25. The van der Waals surface area contributed by atoms with Gasteiger partial charge in [-0.05, 0) is 17.0 Å². The second kappa shape index (κ2) is 5.89. The summed E-state index contributed by atoms with van der Waals surface area (Å²) in [4.78, 5) is 0. The first kappa shape index (κ1) is 12.2. The summed E-state index contributed by atoms with van der Waals surface area (Å²) in [6, 6.07) is 8.40. The lowest BCUT2D eigenvalue weighted by atomic mass is 10.00. The zero-order valence-electron chi connectivity index (χ0n) is 9.73. The third-order valence-corrected chi connectivity index (χ3v) is 2.48. The van der Waals surface area contributed by atoms with E-state index in [1.807, 2.05) is 0 Å². The van der Waals surface area contributed by atoms with Gasteiger partial charge in [0.25, 0.3) is 0 Å². The molecule has 1 atom stereocenters. The topological polar surface area (TPSA) is 29.5 Å². The normalized spacial score (nSPS) is 13.1. The van der Waals surface area contributed by atoms with Crippen molar-refractivity contribution in [2.75, 3.05) is 13.7 Å². The highest BCUT2D eigenvalue weighted by Gasteiger charge is 2.05. The molecule has 0 aliphatic carbocycles. The van der Waals surface area contributed by atoms with Crippen LogP contribution in [0.5, 0.6) is 0 Å². The SMILES string of the molecule is COCC(O)Cc1ccc(C(C)C)cc1. The van der Waals surface area contributed by atoms with Crippen molar-refractivity contribution in [2.45, 2.75) is 32.3 Å². The Morgan fingerprint density at radius 2 is 1.80 bits per heavy atom. The van der Waals surface area contributed by atoms with Crippen LogP contribution in [0.2, 0.25) is 0 Å². The van der Waals surface area contributed by atoms with Crippen LogP contribution in [-0.4, -0.2) is 24.9 Å². The molecule has 2 nitrogen and oxygen atoms in total. The minimum Gasteiger partial charge on any atom is -0.390 e. The Bertz CT molecular complexity index is 277. The summed E-state index contributed by atoms with van der Waals surface area (Å²) < 4.78 is 4.89. The zero-order valence-corrected chi connectivity index (χ0v) is 9.73. The molecule has 0 fully saturated rings. The quantitative estimate of drug-likeness (QED) is 0.805. The van der Waals surface area contributed by atoms with E-state index >= 15 is 0 Å². The molecule has 0 spiro atoms. The van der Waals surface area contributed by atoms with Crippen molar-refractivity contribution in [3.8, 4) is 0 Å². The fourth-order valence-corrected chi connectivity index (χ4v) is 1.56. The zero-order chi connectivity index (χ0) is 11.3. The number of hydrogen-bond donors (Lipinski definition) is 1. The first-order chi connectivity index (χ1) is 7.13. The van der Waals surface area contributed by atoms with Gasteiger partial charge in [0.1, 0.15) is 0 Å². The second-order valence-electron chi connectivity index (χ2n) is 4.21. The summed E-state index contributed by atoms with van der Waals surface area (Å²) in [7, 11) is 1.60. The molecule has 0 bridgehead atoms. The average Bonchev–Trinajstić information content (AvgIpc) is 2.18. The molecule has 1 N–H and O–H groups in total. The van der Waals surface area contributed by atoms with E-state index in [4.69, 9.17) is 4.74 Å². The summed E-state index contributed by atoms with van der Waals surface area (Å²) in [6.07, 6.45) is 0.256. The van der Waals surface area contributed by atoms with E-state index in [2.05, 4.69) is 38.1 Å². The molecule has 0 radical (unpaired) electrons. The molecule has 1 aromatic rings. The molecule has 1 unspecified atom stereocenters. The Morgan fingerprint density at radius 1 is 1.20 bits per heavy atom. The molecule has 0 aromatic heterocycles. The van der Waals surface area contributed by atoms with Crippen molar-refractivity contribution in [1.29, 1.82) is 0 Å². The molecule has 0 aliphatic heterocycles. The molecule has 84 valence electrons. The van der Waals surface area contributed by atoms with Crippen LogP contribution in [0.4, 0.5) is 0 Å². The highest BCUT2D eigenvalue weighted by atomic mass is 16.5. The van der Waals surface area contributed by atoms with Crippen molar-refractivity contribution >= 4 is 0 Å². The minimum atomic E-state index is -0.403. The molecular weight excluding hydrogens is 188 g/mol. The molecular formula is C13H20O2. The maximum atomic E-state index is 9.56. The molecule has 0 heterocycles. The largest absolute Gasteiger partial charge is 0.390 e. The third kappa shape index (κ3) is 4.02. The lowest BCUT2D eigenvalue weighted by Crippen LogP contribution is -2.16. The summed E-state index contributed by atoms with van der Waals surface area (Å²) in [5.74, 6) is 0.558. The van der Waals surface area contributed by atoms with E-state index in [9.17, 15) is 5.11 Å². The van der Waals surface area contributed by atoms with E-state index in [1.54, 1.807) is 7.11 Å². The maximum absolute atomic E-state index is 9.56. The average molecular weight is 208 g/mol. The summed E-state index contributed by atoms with van der Waals surface area (Å²) in [5.41, 5.74) is 2.49. The van der Waals surface area contributed by atoms with Crippen LogP contribution in [0.1, 0.15) is 30.9 Å². The molecule has 15 heavy (non-hydrogen) atoms. The van der Waals surface area contributed by atoms with E-state index in [0.29, 0.717) is 18.9 Å². The molecule has 2 heteroatoms. The molecule has 1 aromatic carbocycles. The van der Waals surface area contributed by atoms with E-state index < -0.39 is 6.10 Å². The van der Waals surface area contributed by atoms with Crippen LogP contribution in [0.3, 0.4) is 0 Å². The van der Waals surface area contributed by atoms with Gasteiger partial charge in [0, 0.05) is 13.5 Å². The van der Waals surface area contributed by atoms with Gasteiger partial charge in [0.2, 0.25) is 0 Å². The molecule has 0 saturated heterocycles. The Kier molecular flexibility index (Phi) is 4.79. The number of aliphatic hydroxyl groups excluding tert-OH is 1. The third-order valence-electron chi connectivity index (χ3n) is 2.48. The van der Waals surface area contributed by atoms with Crippen LogP contribution in [0.25, 0.3) is 0 Å². The van der Waals surface area contributed by atoms with Crippen molar-refractivity contribution in [3.05, 3.63) is 35.4 Å². The summed E-state index contributed by atoms with van der Waals surface area (Å²) >= 11 is 0. The van der Waals surface area contributed by atoms with Crippen LogP contribution in [-0.2, 0) is 11.2 Å². The first-order valence-corrected chi connectivity index (χ1v) is 5.39. The van der Waals surface area contributed by atoms with Crippen LogP contribution < -0.4 is 0 Å². The van der Waals surface area contributed by atoms with Gasteiger partial charge < -0.3 is 9.84 Å². The Labute approximate surface area is 91.9 Å². The van der Waals surface area contributed by atoms with Gasteiger partial charge in [0.05, 0.1) is 12.7 Å².